The smallest absolute Gasteiger partial charge is 0.337 e. The van der Waals surface area contributed by atoms with Crippen LogP contribution < -0.4 is 0 Å². The number of rotatable bonds is 2. The molecule has 1 aromatic rings. The summed E-state index contributed by atoms with van der Waals surface area (Å²) in [6.45, 7) is 1.65. The quantitative estimate of drug-likeness (QED) is 0.402. The number of aromatic carboxylic acids is 1. The van der Waals surface area contributed by atoms with Crippen LogP contribution in [0.15, 0.2) is 17.4 Å². The minimum Gasteiger partial charge on any atom is -0.478 e. The zero-order valence-electron chi connectivity index (χ0n) is 6.93. The fourth-order valence-corrected chi connectivity index (χ4v) is 0.931. The van der Waals surface area contributed by atoms with Crippen molar-refractivity contribution in [3.05, 3.63) is 29.1 Å². The SMILES string of the molecule is Cc1cc(/C=N/O)ncc1C(=O)O. The molecule has 1 rings (SSSR count). The first-order valence-corrected chi connectivity index (χ1v) is 3.52. The van der Waals surface area contributed by atoms with Crippen molar-refractivity contribution >= 4 is 12.2 Å². The van der Waals surface area contributed by atoms with Crippen LogP contribution in [0.5, 0.6) is 0 Å². The van der Waals surface area contributed by atoms with Crippen LogP contribution in [0.4, 0.5) is 0 Å². The Morgan fingerprint density at radius 3 is 2.85 bits per heavy atom. The van der Waals surface area contributed by atoms with E-state index in [9.17, 15) is 4.79 Å². The Bertz CT molecular complexity index is 360. The summed E-state index contributed by atoms with van der Waals surface area (Å²) in [5, 5.41) is 19.7. The lowest BCUT2D eigenvalue weighted by atomic mass is 10.1. The molecule has 0 amide bonds. The van der Waals surface area contributed by atoms with Gasteiger partial charge in [-0.2, -0.15) is 0 Å². The van der Waals surface area contributed by atoms with Crippen LogP contribution in [0.1, 0.15) is 21.6 Å². The normalized spacial score (nSPS) is 10.5. The molecule has 0 radical (unpaired) electrons. The fraction of sp³-hybridized carbons (Fsp3) is 0.125. The monoisotopic (exact) mass is 180 g/mol. The van der Waals surface area contributed by atoms with Crippen LogP contribution >= 0.6 is 0 Å². The largest absolute Gasteiger partial charge is 0.478 e. The summed E-state index contributed by atoms with van der Waals surface area (Å²) in [6.07, 6.45) is 2.37. The van der Waals surface area contributed by atoms with E-state index in [-0.39, 0.29) is 5.56 Å². The van der Waals surface area contributed by atoms with Crippen LogP contribution in [0, 0.1) is 6.92 Å². The van der Waals surface area contributed by atoms with Gasteiger partial charge < -0.3 is 10.3 Å². The molecule has 5 nitrogen and oxygen atoms in total. The third-order valence-corrected chi connectivity index (χ3v) is 1.55. The summed E-state index contributed by atoms with van der Waals surface area (Å²) in [5.74, 6) is -1.02. The third kappa shape index (κ3) is 2.02. The van der Waals surface area contributed by atoms with Crippen molar-refractivity contribution in [2.24, 2.45) is 5.16 Å². The molecule has 0 atom stereocenters. The predicted octanol–water partition coefficient (Wildman–Crippen LogP) is 0.896. The number of aryl methyl sites for hydroxylation is 1. The second-order valence-corrected chi connectivity index (χ2v) is 2.47. The number of oxime groups is 1. The number of hydrogen-bond donors (Lipinski definition) is 2. The lowest BCUT2D eigenvalue weighted by molar-refractivity contribution is 0.0695. The maximum Gasteiger partial charge on any atom is 0.337 e. The Labute approximate surface area is 74.3 Å². The van der Waals surface area contributed by atoms with Gasteiger partial charge in [0.2, 0.25) is 0 Å². The van der Waals surface area contributed by atoms with Crippen molar-refractivity contribution in [1.29, 1.82) is 0 Å². The number of hydrogen-bond acceptors (Lipinski definition) is 4. The van der Waals surface area contributed by atoms with E-state index in [1.807, 2.05) is 0 Å². The van der Waals surface area contributed by atoms with E-state index in [4.69, 9.17) is 10.3 Å². The number of carboxylic acid groups (broad SMARTS) is 1. The van der Waals surface area contributed by atoms with Crippen molar-refractivity contribution in [3.8, 4) is 0 Å². The minimum absolute atomic E-state index is 0.148. The second-order valence-electron chi connectivity index (χ2n) is 2.47. The van der Waals surface area contributed by atoms with Gasteiger partial charge in [0.1, 0.15) is 0 Å². The van der Waals surface area contributed by atoms with Crippen molar-refractivity contribution in [2.75, 3.05) is 0 Å². The molecule has 5 heteroatoms. The Hall–Kier alpha value is -1.91. The molecule has 0 aromatic carbocycles. The molecular weight excluding hydrogens is 172 g/mol. The summed E-state index contributed by atoms with van der Waals surface area (Å²) >= 11 is 0. The van der Waals surface area contributed by atoms with Gasteiger partial charge in [-0.3, -0.25) is 4.98 Å². The maximum atomic E-state index is 10.6. The Morgan fingerprint density at radius 2 is 2.38 bits per heavy atom. The van der Waals surface area contributed by atoms with E-state index in [1.165, 1.54) is 12.3 Å². The third-order valence-electron chi connectivity index (χ3n) is 1.55. The number of aromatic nitrogens is 1. The van der Waals surface area contributed by atoms with Crippen molar-refractivity contribution in [2.45, 2.75) is 6.92 Å². The van der Waals surface area contributed by atoms with Gasteiger partial charge in [0.25, 0.3) is 0 Å². The standard InChI is InChI=1S/C8H8N2O3/c1-5-2-6(3-10-13)9-4-7(5)8(11)12/h2-4,13H,1H3,(H,11,12)/b10-3+. The van der Waals surface area contributed by atoms with E-state index >= 15 is 0 Å². The number of carbonyl (C=O) groups is 1. The van der Waals surface area contributed by atoms with Gasteiger partial charge in [-0.25, -0.2) is 4.79 Å². The van der Waals surface area contributed by atoms with Crippen molar-refractivity contribution in [1.82, 2.24) is 4.98 Å². The highest BCUT2D eigenvalue weighted by atomic mass is 16.4. The predicted molar refractivity (Wildman–Crippen MR) is 45.3 cm³/mol. The average Bonchev–Trinajstić information content (AvgIpc) is 2.04. The lowest BCUT2D eigenvalue weighted by Crippen LogP contribution is -2.02. The van der Waals surface area contributed by atoms with Crippen LogP contribution in [-0.2, 0) is 0 Å². The van der Waals surface area contributed by atoms with Crippen molar-refractivity contribution in [3.63, 3.8) is 0 Å². The van der Waals surface area contributed by atoms with E-state index in [2.05, 4.69) is 10.1 Å². The lowest BCUT2D eigenvalue weighted by Gasteiger charge is -1.99. The summed E-state index contributed by atoms with van der Waals surface area (Å²) in [7, 11) is 0. The first-order valence-electron chi connectivity index (χ1n) is 3.52. The van der Waals surface area contributed by atoms with Crippen LogP contribution in [0.2, 0.25) is 0 Å². The van der Waals surface area contributed by atoms with Gasteiger partial charge >= 0.3 is 5.97 Å². The molecule has 0 unspecified atom stereocenters. The highest BCUT2D eigenvalue weighted by Crippen LogP contribution is 2.06. The summed E-state index contributed by atoms with van der Waals surface area (Å²) in [4.78, 5) is 14.3. The molecule has 68 valence electrons. The summed E-state index contributed by atoms with van der Waals surface area (Å²) < 4.78 is 0. The average molecular weight is 180 g/mol. The molecule has 0 saturated heterocycles. The Balaban J connectivity index is 3.12. The number of carboxylic acids is 1. The molecule has 13 heavy (non-hydrogen) atoms. The van der Waals surface area contributed by atoms with E-state index < -0.39 is 5.97 Å². The van der Waals surface area contributed by atoms with Gasteiger partial charge in [-0.1, -0.05) is 5.16 Å². The number of nitrogens with zero attached hydrogens (tertiary/aromatic N) is 2. The van der Waals surface area contributed by atoms with Crippen LogP contribution in [0.25, 0.3) is 0 Å². The molecule has 0 saturated carbocycles. The van der Waals surface area contributed by atoms with Crippen LogP contribution in [0.3, 0.4) is 0 Å². The van der Waals surface area contributed by atoms with E-state index in [1.54, 1.807) is 6.92 Å². The molecule has 2 N–H and O–H groups in total. The fourth-order valence-electron chi connectivity index (χ4n) is 0.931. The van der Waals surface area contributed by atoms with Gasteiger partial charge in [0.15, 0.2) is 0 Å². The summed E-state index contributed by atoms with van der Waals surface area (Å²) in [5.41, 5.74) is 1.15. The van der Waals surface area contributed by atoms with Gasteiger partial charge in [-0.15, -0.1) is 0 Å². The molecule has 0 bridgehead atoms. The molecule has 0 aliphatic carbocycles. The first-order chi connectivity index (χ1) is 6.15. The Kier molecular flexibility index (Phi) is 2.59. The van der Waals surface area contributed by atoms with E-state index in [0.29, 0.717) is 11.3 Å². The van der Waals surface area contributed by atoms with Gasteiger partial charge in [0, 0.05) is 6.20 Å². The van der Waals surface area contributed by atoms with E-state index in [0.717, 1.165) is 6.21 Å². The Morgan fingerprint density at radius 1 is 1.69 bits per heavy atom. The topological polar surface area (TPSA) is 82.8 Å². The molecular formula is C8H8N2O3. The minimum atomic E-state index is -1.02. The molecule has 0 aliphatic rings. The maximum absolute atomic E-state index is 10.6. The zero-order chi connectivity index (χ0) is 9.84. The number of pyridine rings is 1. The van der Waals surface area contributed by atoms with Crippen LogP contribution in [-0.4, -0.2) is 27.5 Å². The molecule has 1 aromatic heterocycles. The van der Waals surface area contributed by atoms with Crippen molar-refractivity contribution < 1.29 is 15.1 Å². The first kappa shape index (κ1) is 9.18. The molecule has 0 spiro atoms. The highest BCUT2D eigenvalue weighted by Gasteiger charge is 2.07. The molecule has 1 heterocycles. The summed E-state index contributed by atoms with van der Waals surface area (Å²) in [6, 6.07) is 1.53. The van der Waals surface area contributed by atoms with Gasteiger partial charge in [-0.05, 0) is 18.6 Å². The molecule has 0 aliphatic heterocycles. The second kappa shape index (κ2) is 3.66. The highest BCUT2D eigenvalue weighted by molar-refractivity contribution is 5.89. The van der Waals surface area contributed by atoms with Gasteiger partial charge in [0.05, 0.1) is 17.5 Å². The molecule has 0 fully saturated rings. The zero-order valence-corrected chi connectivity index (χ0v) is 6.93.